The quantitative estimate of drug-likeness (QED) is 0.619. The van der Waals surface area contributed by atoms with E-state index in [0.717, 1.165) is 38.6 Å². The minimum Gasteiger partial charge on any atom is -0.463 e. The van der Waals surface area contributed by atoms with Crippen molar-refractivity contribution in [3.05, 3.63) is 24.2 Å². The Morgan fingerprint density at radius 2 is 2.21 bits per heavy atom. The average molecular weight is 198 g/mol. The number of hydrogen-bond acceptors (Lipinski definition) is 2. The van der Waals surface area contributed by atoms with Gasteiger partial charge in [-0.3, -0.25) is 0 Å². The van der Waals surface area contributed by atoms with Gasteiger partial charge in [-0.05, 0) is 12.1 Å². The van der Waals surface area contributed by atoms with Crippen LogP contribution in [0.1, 0.15) is 11.8 Å². The fourth-order valence-electron chi connectivity index (χ4n) is 2.02. The highest BCUT2D eigenvalue weighted by atomic mass is 16.5. The van der Waals surface area contributed by atoms with Crippen LogP contribution in [0.5, 0.6) is 0 Å². The fourth-order valence-corrected chi connectivity index (χ4v) is 2.02. The molecule has 1 aliphatic heterocycles. The number of hydrogen-bond donors (Lipinski definition) is 2. The Hall–Kier alpha value is -0.840. The van der Waals surface area contributed by atoms with Crippen LogP contribution in [-0.4, -0.2) is 32.8 Å². The third kappa shape index (κ3) is 1.97. The van der Waals surface area contributed by atoms with Crippen molar-refractivity contribution in [2.75, 3.05) is 32.8 Å². The molecular weight excluding hydrogens is 180 g/mol. The molecular formula is C10H18N2O2+2. The first-order valence-corrected chi connectivity index (χ1v) is 5.17. The molecule has 4 heteroatoms. The summed E-state index contributed by atoms with van der Waals surface area (Å²) in [5, 5.41) is 0. The van der Waals surface area contributed by atoms with Gasteiger partial charge in [0.05, 0.1) is 19.5 Å². The summed E-state index contributed by atoms with van der Waals surface area (Å²) < 4.78 is 10.8. The highest BCUT2D eigenvalue weighted by Crippen LogP contribution is 2.08. The number of nitrogens with one attached hydrogen (secondary N) is 1. The summed E-state index contributed by atoms with van der Waals surface area (Å²) in [6, 6.07) is 4.38. The van der Waals surface area contributed by atoms with Crippen molar-refractivity contribution in [1.82, 2.24) is 0 Å². The highest BCUT2D eigenvalue weighted by Gasteiger charge is 2.28. The summed E-state index contributed by atoms with van der Waals surface area (Å²) in [5.41, 5.74) is 4.00. The standard InChI is InChI=1S/C10H16N2O2/c11-8-9(10-2-1-5-14-10)12-3-6-13-7-4-12/h1-2,5,9H,3-4,6-8,11H2/p+2/t9-/m0/s1. The molecule has 1 atom stereocenters. The van der Waals surface area contributed by atoms with Crippen molar-refractivity contribution in [3.63, 3.8) is 0 Å². The van der Waals surface area contributed by atoms with Gasteiger partial charge in [-0.25, -0.2) is 0 Å². The summed E-state index contributed by atoms with van der Waals surface area (Å²) in [6.07, 6.45) is 1.73. The van der Waals surface area contributed by atoms with Gasteiger partial charge in [-0.2, -0.15) is 0 Å². The van der Waals surface area contributed by atoms with E-state index in [0.29, 0.717) is 6.04 Å². The Labute approximate surface area is 83.6 Å². The zero-order valence-electron chi connectivity index (χ0n) is 8.37. The van der Waals surface area contributed by atoms with E-state index in [-0.39, 0.29) is 0 Å². The lowest BCUT2D eigenvalue weighted by Crippen LogP contribution is -3.15. The summed E-state index contributed by atoms with van der Waals surface area (Å²) >= 11 is 0. The fraction of sp³-hybridized carbons (Fsp3) is 0.600. The van der Waals surface area contributed by atoms with Crippen molar-refractivity contribution >= 4 is 0 Å². The van der Waals surface area contributed by atoms with Crippen LogP contribution in [0.25, 0.3) is 0 Å². The molecule has 0 spiro atoms. The highest BCUT2D eigenvalue weighted by molar-refractivity contribution is 5.01. The number of furan rings is 1. The zero-order valence-corrected chi connectivity index (χ0v) is 8.37. The first-order valence-electron chi connectivity index (χ1n) is 5.17. The molecule has 1 saturated heterocycles. The maximum absolute atomic E-state index is 5.44. The third-order valence-electron chi connectivity index (χ3n) is 2.80. The molecule has 2 heterocycles. The minimum absolute atomic E-state index is 0.397. The molecule has 0 saturated carbocycles. The van der Waals surface area contributed by atoms with Gasteiger partial charge in [0.2, 0.25) is 0 Å². The molecule has 1 aliphatic rings. The summed E-state index contributed by atoms with van der Waals surface area (Å²) in [5.74, 6) is 1.05. The van der Waals surface area contributed by atoms with E-state index in [9.17, 15) is 0 Å². The molecule has 1 fully saturated rings. The second-order valence-corrected chi connectivity index (χ2v) is 3.63. The van der Waals surface area contributed by atoms with Crippen LogP contribution in [-0.2, 0) is 4.74 Å². The van der Waals surface area contributed by atoms with Crippen molar-refractivity contribution in [2.45, 2.75) is 6.04 Å². The summed E-state index contributed by atoms with van der Waals surface area (Å²) in [4.78, 5) is 1.53. The Morgan fingerprint density at radius 3 is 2.79 bits per heavy atom. The third-order valence-corrected chi connectivity index (χ3v) is 2.80. The zero-order chi connectivity index (χ0) is 9.80. The molecule has 0 aromatic carbocycles. The van der Waals surface area contributed by atoms with Crippen molar-refractivity contribution in [3.8, 4) is 0 Å². The van der Waals surface area contributed by atoms with E-state index < -0.39 is 0 Å². The van der Waals surface area contributed by atoms with E-state index in [2.05, 4.69) is 5.73 Å². The first kappa shape index (κ1) is 9.71. The molecule has 4 N–H and O–H groups in total. The van der Waals surface area contributed by atoms with Gasteiger partial charge in [0.25, 0.3) is 0 Å². The summed E-state index contributed by atoms with van der Waals surface area (Å²) in [6.45, 7) is 4.70. The van der Waals surface area contributed by atoms with Crippen molar-refractivity contribution in [1.29, 1.82) is 0 Å². The Kier molecular flexibility index (Phi) is 3.18. The monoisotopic (exact) mass is 198 g/mol. The number of quaternary nitrogens is 2. The molecule has 1 aromatic rings. The van der Waals surface area contributed by atoms with Crippen molar-refractivity contribution in [2.24, 2.45) is 0 Å². The second kappa shape index (κ2) is 4.59. The topological polar surface area (TPSA) is 54.5 Å². The van der Waals surface area contributed by atoms with E-state index >= 15 is 0 Å². The van der Waals surface area contributed by atoms with Crippen LogP contribution in [0.15, 0.2) is 22.8 Å². The molecule has 0 aliphatic carbocycles. The lowest BCUT2D eigenvalue weighted by Gasteiger charge is -2.28. The molecule has 4 nitrogen and oxygen atoms in total. The summed E-state index contributed by atoms with van der Waals surface area (Å²) in [7, 11) is 0. The predicted molar refractivity (Wildman–Crippen MR) is 50.7 cm³/mol. The Bertz CT molecular complexity index is 255. The maximum Gasteiger partial charge on any atom is 0.195 e. The van der Waals surface area contributed by atoms with Gasteiger partial charge in [0.15, 0.2) is 11.8 Å². The molecule has 78 valence electrons. The molecule has 14 heavy (non-hydrogen) atoms. The molecule has 1 aromatic heterocycles. The molecule has 0 unspecified atom stereocenters. The van der Waals surface area contributed by atoms with Crippen LogP contribution in [0.3, 0.4) is 0 Å². The van der Waals surface area contributed by atoms with Gasteiger partial charge in [-0.15, -0.1) is 0 Å². The van der Waals surface area contributed by atoms with Gasteiger partial charge < -0.3 is 19.8 Å². The van der Waals surface area contributed by atoms with Gasteiger partial charge >= 0.3 is 0 Å². The van der Waals surface area contributed by atoms with E-state index in [4.69, 9.17) is 9.15 Å². The molecule has 0 amide bonds. The SMILES string of the molecule is [NH3+]C[C@@H](c1ccco1)[NH+]1CCOCC1. The predicted octanol–water partition coefficient (Wildman–Crippen LogP) is -1.52. The molecule has 0 radical (unpaired) electrons. The van der Waals surface area contributed by atoms with Crippen LogP contribution in [0, 0.1) is 0 Å². The molecule has 0 bridgehead atoms. The number of morpholine rings is 1. The van der Waals surface area contributed by atoms with Crippen molar-refractivity contribution < 1.29 is 19.8 Å². The van der Waals surface area contributed by atoms with Gasteiger partial charge in [0.1, 0.15) is 19.6 Å². The van der Waals surface area contributed by atoms with E-state index in [1.165, 1.54) is 4.90 Å². The second-order valence-electron chi connectivity index (χ2n) is 3.63. The van der Waals surface area contributed by atoms with E-state index in [1.54, 1.807) is 6.26 Å². The Balaban J connectivity index is 2.04. The van der Waals surface area contributed by atoms with Crippen LogP contribution in [0.2, 0.25) is 0 Å². The van der Waals surface area contributed by atoms with Gasteiger partial charge in [-0.1, -0.05) is 0 Å². The number of rotatable bonds is 3. The normalized spacial score (nSPS) is 20.9. The van der Waals surface area contributed by atoms with Crippen LogP contribution < -0.4 is 10.6 Å². The van der Waals surface area contributed by atoms with Gasteiger partial charge in [0, 0.05) is 0 Å². The minimum atomic E-state index is 0.397. The van der Waals surface area contributed by atoms with Crippen LogP contribution >= 0.6 is 0 Å². The number of ether oxygens (including phenoxy) is 1. The lowest BCUT2D eigenvalue weighted by atomic mass is 10.2. The van der Waals surface area contributed by atoms with E-state index in [1.807, 2.05) is 12.1 Å². The average Bonchev–Trinajstić information content (AvgIpc) is 2.74. The molecule has 2 rings (SSSR count). The van der Waals surface area contributed by atoms with Crippen LogP contribution in [0.4, 0.5) is 0 Å². The lowest BCUT2D eigenvalue weighted by molar-refractivity contribution is -0.945. The smallest absolute Gasteiger partial charge is 0.195 e. The Morgan fingerprint density at radius 1 is 1.43 bits per heavy atom. The first-order chi connectivity index (χ1) is 6.92. The maximum atomic E-state index is 5.44. The largest absolute Gasteiger partial charge is 0.463 e.